The Balaban J connectivity index is 1.43. The van der Waals surface area contributed by atoms with E-state index in [0.29, 0.717) is 4.91 Å². The molecule has 0 aliphatic carbocycles. The highest BCUT2D eigenvalue weighted by molar-refractivity contribution is 8.26. The fourth-order valence-electron chi connectivity index (χ4n) is 3.55. The quantitative estimate of drug-likeness (QED) is 0.323. The molecule has 4 rings (SSSR count). The van der Waals surface area contributed by atoms with E-state index in [1.165, 1.54) is 24.3 Å². The van der Waals surface area contributed by atoms with Gasteiger partial charge in [-0.3, -0.25) is 29.0 Å². The summed E-state index contributed by atoms with van der Waals surface area (Å²) in [5, 5.41) is 7.52. The van der Waals surface area contributed by atoms with Crippen LogP contribution in [0.5, 0.6) is 0 Å². The van der Waals surface area contributed by atoms with E-state index in [4.69, 9.17) is 17.4 Å². The molecule has 2 aromatic rings. The molecule has 0 bridgehead atoms. The second-order valence-corrected chi connectivity index (χ2v) is 10.9. The van der Waals surface area contributed by atoms with E-state index in [2.05, 4.69) is 5.32 Å². The minimum Gasteiger partial charge on any atom is -0.325 e. The molecule has 0 aromatic heterocycles. The molecule has 2 aliphatic heterocycles. The Kier molecular flexibility index (Phi) is 6.85. The van der Waals surface area contributed by atoms with Gasteiger partial charge in [0.2, 0.25) is 21.8 Å². The van der Waals surface area contributed by atoms with E-state index < -0.39 is 46.2 Å². The van der Waals surface area contributed by atoms with Crippen molar-refractivity contribution in [2.75, 3.05) is 11.9 Å². The number of nitrogens with zero attached hydrogens (tertiary/aromatic N) is 2. The molecule has 2 aromatic carbocycles. The van der Waals surface area contributed by atoms with Crippen LogP contribution in [0.1, 0.15) is 12.0 Å². The van der Waals surface area contributed by atoms with Gasteiger partial charge in [-0.15, -0.1) is 0 Å². The number of rotatable bonds is 6. The van der Waals surface area contributed by atoms with E-state index in [1.807, 2.05) is 30.3 Å². The molecule has 1 unspecified atom stereocenters. The largest absolute Gasteiger partial charge is 0.325 e. The number of primary sulfonamides is 1. The Labute approximate surface area is 210 Å². The van der Waals surface area contributed by atoms with E-state index in [0.717, 1.165) is 27.1 Å². The first-order valence-electron chi connectivity index (χ1n) is 10.1. The second kappa shape index (κ2) is 9.70. The third-order valence-electron chi connectivity index (χ3n) is 5.22. The summed E-state index contributed by atoms with van der Waals surface area (Å²) in [5.41, 5.74) is 1.04. The number of nitrogens with two attached hydrogens (primary N) is 1. The van der Waals surface area contributed by atoms with Crippen molar-refractivity contribution in [1.82, 2.24) is 9.80 Å². The van der Waals surface area contributed by atoms with Gasteiger partial charge in [0.1, 0.15) is 16.9 Å². The van der Waals surface area contributed by atoms with Crippen molar-refractivity contribution in [3.05, 3.63) is 65.1 Å². The highest BCUT2D eigenvalue weighted by Gasteiger charge is 2.48. The predicted molar refractivity (Wildman–Crippen MR) is 133 cm³/mol. The van der Waals surface area contributed by atoms with Crippen LogP contribution in [0.4, 0.5) is 5.69 Å². The lowest BCUT2D eigenvalue weighted by Crippen LogP contribution is -2.45. The van der Waals surface area contributed by atoms with Crippen LogP contribution in [0, 0.1) is 0 Å². The summed E-state index contributed by atoms with van der Waals surface area (Å²) in [5.74, 6) is -2.46. The molecule has 1 atom stereocenters. The van der Waals surface area contributed by atoms with Gasteiger partial charge >= 0.3 is 0 Å². The molecule has 10 nitrogen and oxygen atoms in total. The molecule has 180 valence electrons. The van der Waals surface area contributed by atoms with Crippen LogP contribution in [0.2, 0.25) is 0 Å². The van der Waals surface area contributed by atoms with Crippen LogP contribution < -0.4 is 10.5 Å². The van der Waals surface area contributed by atoms with Crippen LogP contribution in [-0.4, -0.2) is 58.8 Å². The third kappa shape index (κ3) is 5.32. The van der Waals surface area contributed by atoms with Crippen molar-refractivity contribution in [3.63, 3.8) is 0 Å². The van der Waals surface area contributed by atoms with Gasteiger partial charge in [0.05, 0.1) is 16.2 Å². The number of thioether (sulfide) groups is 1. The maximum absolute atomic E-state index is 13.0. The number of hydrogen-bond donors (Lipinski definition) is 2. The summed E-state index contributed by atoms with van der Waals surface area (Å²) >= 11 is 6.35. The molecular formula is C22H18N4O6S3. The van der Waals surface area contributed by atoms with Gasteiger partial charge < -0.3 is 5.32 Å². The van der Waals surface area contributed by atoms with Crippen LogP contribution in [0.25, 0.3) is 6.08 Å². The monoisotopic (exact) mass is 530 g/mol. The lowest BCUT2D eigenvalue weighted by atomic mass is 10.2. The molecule has 13 heteroatoms. The maximum atomic E-state index is 13.0. The minimum absolute atomic E-state index is 0.131. The van der Waals surface area contributed by atoms with Gasteiger partial charge in [-0.2, -0.15) is 0 Å². The number of amides is 4. The lowest BCUT2D eigenvalue weighted by Gasteiger charge is -2.21. The molecule has 35 heavy (non-hydrogen) atoms. The van der Waals surface area contributed by atoms with E-state index in [9.17, 15) is 27.6 Å². The number of anilines is 1. The molecule has 2 saturated heterocycles. The number of carbonyl (C=O) groups is 4. The summed E-state index contributed by atoms with van der Waals surface area (Å²) in [7, 11) is -3.89. The fourth-order valence-corrected chi connectivity index (χ4v) is 5.43. The molecule has 0 radical (unpaired) electrons. The summed E-state index contributed by atoms with van der Waals surface area (Å²) in [4.78, 5) is 53.0. The van der Waals surface area contributed by atoms with Crippen molar-refractivity contribution < 1.29 is 27.6 Å². The molecule has 3 N–H and O–H groups in total. The van der Waals surface area contributed by atoms with Crippen LogP contribution in [0.15, 0.2) is 64.4 Å². The second-order valence-electron chi connectivity index (χ2n) is 7.62. The first kappa shape index (κ1) is 24.7. The van der Waals surface area contributed by atoms with Crippen LogP contribution >= 0.6 is 24.0 Å². The normalized spacial score (nSPS) is 19.7. The van der Waals surface area contributed by atoms with E-state index in [-0.39, 0.29) is 21.3 Å². The first-order chi connectivity index (χ1) is 16.5. The van der Waals surface area contributed by atoms with Crippen molar-refractivity contribution in [3.8, 4) is 0 Å². The maximum Gasteiger partial charge on any atom is 0.266 e. The standard InChI is InChI=1S/C22H18N4O6S3/c23-35(31,32)15-8-6-14(7-9-15)24-18(27)12-25-19(28)11-16(20(25)29)26-21(30)17(34-22(26)33)10-13-4-2-1-3-5-13/h1-10,16H,11-12H2,(H,24,27)(H2,23,31,32)/b17-10-. The molecule has 4 amide bonds. The molecule has 2 fully saturated rings. The Hall–Kier alpha value is -3.39. The number of nitrogens with one attached hydrogen (secondary N) is 1. The molecule has 0 saturated carbocycles. The fraction of sp³-hybridized carbons (Fsp3) is 0.136. The number of thiocarbonyl (C=S) groups is 1. The highest BCUT2D eigenvalue weighted by atomic mass is 32.2. The Bertz CT molecular complexity index is 1370. The zero-order chi connectivity index (χ0) is 25.3. The van der Waals surface area contributed by atoms with Crippen molar-refractivity contribution >= 4 is 73.7 Å². The Morgan fingerprint density at radius 2 is 1.77 bits per heavy atom. The van der Waals surface area contributed by atoms with Crippen LogP contribution in [0.3, 0.4) is 0 Å². The Morgan fingerprint density at radius 1 is 1.11 bits per heavy atom. The average molecular weight is 531 g/mol. The summed E-state index contributed by atoms with van der Waals surface area (Å²) < 4.78 is 22.8. The number of likely N-dealkylation sites (tertiary alicyclic amines) is 1. The number of imide groups is 1. The van der Waals surface area contributed by atoms with Crippen molar-refractivity contribution in [2.45, 2.75) is 17.4 Å². The number of carbonyl (C=O) groups excluding carboxylic acids is 4. The topological polar surface area (TPSA) is 147 Å². The van der Waals surface area contributed by atoms with Gasteiger partial charge in [-0.1, -0.05) is 54.3 Å². The van der Waals surface area contributed by atoms with Gasteiger partial charge in [0.25, 0.3) is 11.8 Å². The Morgan fingerprint density at radius 3 is 2.40 bits per heavy atom. The van der Waals surface area contributed by atoms with E-state index >= 15 is 0 Å². The summed E-state index contributed by atoms with van der Waals surface area (Å²) in [6, 6.07) is 13.1. The third-order valence-corrected chi connectivity index (χ3v) is 7.48. The minimum atomic E-state index is -3.89. The SMILES string of the molecule is NS(=O)(=O)c1ccc(NC(=O)CN2C(=O)CC(N3C(=O)/C(=C/c4ccccc4)SC3=S)C2=O)cc1. The zero-order valence-electron chi connectivity index (χ0n) is 17.9. The highest BCUT2D eigenvalue weighted by Crippen LogP contribution is 2.36. The first-order valence-corrected chi connectivity index (χ1v) is 12.9. The van der Waals surface area contributed by atoms with Crippen molar-refractivity contribution in [2.24, 2.45) is 5.14 Å². The molecular weight excluding hydrogens is 512 g/mol. The lowest BCUT2D eigenvalue weighted by molar-refractivity contribution is -0.143. The smallest absolute Gasteiger partial charge is 0.266 e. The van der Waals surface area contributed by atoms with Gasteiger partial charge in [-0.05, 0) is 35.9 Å². The van der Waals surface area contributed by atoms with Gasteiger partial charge in [0, 0.05) is 5.69 Å². The van der Waals surface area contributed by atoms with E-state index in [1.54, 1.807) is 6.08 Å². The molecule has 2 aliphatic rings. The summed E-state index contributed by atoms with van der Waals surface area (Å²) in [6.07, 6.45) is 1.37. The predicted octanol–water partition coefficient (Wildman–Crippen LogP) is 1.30. The number of sulfonamides is 1. The zero-order valence-corrected chi connectivity index (χ0v) is 20.4. The van der Waals surface area contributed by atoms with Gasteiger partial charge in [-0.25, -0.2) is 13.6 Å². The van der Waals surface area contributed by atoms with Gasteiger partial charge in [0.15, 0.2) is 0 Å². The summed E-state index contributed by atoms with van der Waals surface area (Å²) in [6.45, 7) is -0.570. The van der Waals surface area contributed by atoms with Crippen molar-refractivity contribution in [1.29, 1.82) is 0 Å². The number of benzene rings is 2. The molecule has 0 spiro atoms. The average Bonchev–Trinajstić information content (AvgIpc) is 3.23. The van der Waals surface area contributed by atoms with Crippen LogP contribution in [-0.2, 0) is 29.2 Å². The molecule has 2 heterocycles. The number of hydrogen-bond acceptors (Lipinski definition) is 8.